The number of aliphatic hydroxyl groups is 1. The number of nitrogens with zero attached hydrogens (tertiary/aromatic N) is 1. The summed E-state index contributed by atoms with van der Waals surface area (Å²) in [5.74, 6) is -5.01. The van der Waals surface area contributed by atoms with E-state index >= 15 is 0 Å². The summed E-state index contributed by atoms with van der Waals surface area (Å²) in [5.41, 5.74) is 6.04. The lowest BCUT2D eigenvalue weighted by molar-refractivity contribution is -0.142. The third-order valence-corrected chi connectivity index (χ3v) is 4.10. The normalized spacial score (nSPS) is 14.5. The molecule has 0 aromatic carbocycles. The monoisotopic (exact) mass is 442 g/mol. The first-order valence-electron chi connectivity index (χ1n) is 9.24. The van der Waals surface area contributed by atoms with E-state index in [1.54, 1.807) is 0 Å². The molecule has 0 aliphatic rings. The van der Waals surface area contributed by atoms with Gasteiger partial charge in [-0.1, -0.05) is 0 Å². The highest BCUT2D eigenvalue weighted by molar-refractivity contribution is 5.93. The topological polar surface area (TPSA) is 237 Å². The molecule has 0 radical (unpaired) electrons. The minimum atomic E-state index is -1.46. The van der Waals surface area contributed by atoms with Gasteiger partial charge < -0.3 is 42.0 Å². The number of nitrogens with one attached hydrogen (secondary N) is 4. The predicted octanol–water partition coefficient (Wildman–Crippen LogP) is -3.30. The van der Waals surface area contributed by atoms with Crippen LogP contribution in [0, 0.1) is 0 Å². The van der Waals surface area contributed by atoms with Gasteiger partial charge in [0.25, 0.3) is 0 Å². The Labute approximate surface area is 176 Å². The van der Waals surface area contributed by atoms with E-state index in [-0.39, 0.29) is 19.3 Å². The third-order valence-electron chi connectivity index (χ3n) is 4.10. The summed E-state index contributed by atoms with van der Waals surface area (Å²) < 4.78 is 0. The van der Waals surface area contributed by atoms with Gasteiger partial charge in [0.2, 0.25) is 17.7 Å². The number of carbonyl (C=O) groups is 5. The van der Waals surface area contributed by atoms with Gasteiger partial charge in [-0.3, -0.25) is 19.2 Å². The summed E-state index contributed by atoms with van der Waals surface area (Å²) in [5, 5.41) is 34.2. The number of aliphatic hydroxyl groups excluding tert-OH is 1. The molecule has 14 nitrogen and oxygen atoms in total. The Hall–Kier alpha value is -3.52. The molecule has 1 aromatic rings. The molecule has 0 bridgehead atoms. The lowest BCUT2D eigenvalue weighted by Crippen LogP contribution is -2.57. The third kappa shape index (κ3) is 9.22. The van der Waals surface area contributed by atoms with E-state index in [9.17, 15) is 34.2 Å². The van der Waals surface area contributed by atoms with Crippen LogP contribution in [0.25, 0.3) is 0 Å². The van der Waals surface area contributed by atoms with Gasteiger partial charge in [-0.15, -0.1) is 0 Å². The Morgan fingerprint density at radius 1 is 1.16 bits per heavy atom. The number of carboxylic acids is 2. The van der Waals surface area contributed by atoms with Gasteiger partial charge in [-0.05, 0) is 13.3 Å². The summed E-state index contributed by atoms with van der Waals surface area (Å²) in [4.78, 5) is 64.6. The van der Waals surface area contributed by atoms with Gasteiger partial charge in [0.1, 0.15) is 12.1 Å². The molecule has 1 aromatic heterocycles. The van der Waals surface area contributed by atoms with E-state index < -0.39 is 60.4 Å². The Morgan fingerprint density at radius 3 is 2.35 bits per heavy atom. The zero-order chi connectivity index (χ0) is 23.6. The lowest BCUT2D eigenvalue weighted by atomic mass is 10.1. The number of carbonyl (C=O) groups excluding carboxylic acids is 3. The number of hydrogen-bond acceptors (Lipinski definition) is 8. The van der Waals surface area contributed by atoms with E-state index in [1.165, 1.54) is 19.4 Å². The average Bonchev–Trinajstić information content (AvgIpc) is 3.20. The van der Waals surface area contributed by atoms with Crippen molar-refractivity contribution in [2.45, 2.75) is 50.4 Å². The maximum absolute atomic E-state index is 12.3. The van der Waals surface area contributed by atoms with Crippen LogP contribution in [-0.4, -0.2) is 85.7 Å². The number of nitrogens with two attached hydrogens (primary N) is 1. The van der Waals surface area contributed by atoms with Crippen molar-refractivity contribution < 1.29 is 39.3 Å². The summed E-state index contributed by atoms with van der Waals surface area (Å²) >= 11 is 0. The van der Waals surface area contributed by atoms with Crippen LogP contribution in [-0.2, 0) is 30.4 Å². The smallest absolute Gasteiger partial charge is 0.326 e. The van der Waals surface area contributed by atoms with E-state index in [0.717, 1.165) is 0 Å². The standard InChI is InChI=1S/C17H26N6O8/c1-8(24)14(23-15(28)10(18)2-3-13(26)27)16(29)20-6-12(25)22-11(17(30)31)4-9-5-19-7-21-9/h5,7-8,10-11,14,24H,2-4,6,18H2,1H3,(H,19,21)(H,20,29)(H,22,25)(H,23,28)(H,26,27)(H,30,31). The zero-order valence-electron chi connectivity index (χ0n) is 16.7. The predicted molar refractivity (Wildman–Crippen MR) is 103 cm³/mol. The van der Waals surface area contributed by atoms with Gasteiger partial charge in [0, 0.05) is 24.7 Å². The summed E-state index contributed by atoms with van der Waals surface area (Å²) in [6, 6.07) is -3.95. The summed E-state index contributed by atoms with van der Waals surface area (Å²) in [7, 11) is 0. The van der Waals surface area contributed by atoms with Crippen molar-refractivity contribution >= 4 is 29.7 Å². The van der Waals surface area contributed by atoms with E-state index in [0.29, 0.717) is 5.69 Å². The van der Waals surface area contributed by atoms with Crippen molar-refractivity contribution in [3.8, 4) is 0 Å². The quantitative estimate of drug-likeness (QED) is 0.151. The number of imidazole rings is 1. The molecule has 4 unspecified atom stereocenters. The number of aliphatic carboxylic acids is 2. The maximum atomic E-state index is 12.3. The summed E-state index contributed by atoms with van der Waals surface area (Å²) in [6.07, 6.45) is 0.810. The molecule has 1 rings (SSSR count). The molecule has 14 heteroatoms. The number of hydrogen-bond donors (Lipinski definition) is 8. The van der Waals surface area contributed by atoms with Crippen molar-refractivity contribution in [1.29, 1.82) is 0 Å². The molecule has 9 N–H and O–H groups in total. The van der Waals surface area contributed by atoms with Gasteiger partial charge in [-0.2, -0.15) is 0 Å². The first kappa shape index (κ1) is 25.5. The molecular weight excluding hydrogens is 416 g/mol. The van der Waals surface area contributed by atoms with Crippen LogP contribution in [0.4, 0.5) is 0 Å². The minimum absolute atomic E-state index is 0.0599. The second kappa shape index (κ2) is 12.2. The number of amides is 3. The average molecular weight is 442 g/mol. The first-order valence-corrected chi connectivity index (χ1v) is 9.24. The fourth-order valence-corrected chi connectivity index (χ4v) is 2.41. The van der Waals surface area contributed by atoms with Crippen molar-refractivity contribution in [3.05, 3.63) is 18.2 Å². The van der Waals surface area contributed by atoms with Crippen LogP contribution in [0.15, 0.2) is 12.5 Å². The molecule has 0 spiro atoms. The fourth-order valence-electron chi connectivity index (χ4n) is 2.41. The van der Waals surface area contributed by atoms with Crippen molar-refractivity contribution in [3.63, 3.8) is 0 Å². The molecule has 31 heavy (non-hydrogen) atoms. The molecule has 0 aliphatic heterocycles. The van der Waals surface area contributed by atoms with Crippen molar-refractivity contribution in [2.75, 3.05) is 6.54 Å². The lowest BCUT2D eigenvalue weighted by Gasteiger charge is -2.22. The molecule has 0 aliphatic carbocycles. The van der Waals surface area contributed by atoms with Crippen LogP contribution in [0.3, 0.4) is 0 Å². The van der Waals surface area contributed by atoms with E-state index in [4.69, 9.17) is 10.8 Å². The fraction of sp³-hybridized carbons (Fsp3) is 0.529. The van der Waals surface area contributed by atoms with Gasteiger partial charge in [0.05, 0.1) is 25.0 Å². The molecule has 1 heterocycles. The minimum Gasteiger partial charge on any atom is -0.481 e. The highest BCUT2D eigenvalue weighted by atomic mass is 16.4. The zero-order valence-corrected chi connectivity index (χ0v) is 16.7. The number of carboxylic acid groups (broad SMARTS) is 2. The first-order chi connectivity index (χ1) is 14.5. The molecule has 3 amide bonds. The Morgan fingerprint density at radius 2 is 1.84 bits per heavy atom. The second-order valence-corrected chi connectivity index (χ2v) is 6.72. The Bertz CT molecular complexity index is 782. The van der Waals surface area contributed by atoms with Crippen LogP contribution in [0.2, 0.25) is 0 Å². The number of rotatable bonds is 13. The molecular formula is C17H26N6O8. The van der Waals surface area contributed by atoms with Gasteiger partial charge in [-0.25, -0.2) is 9.78 Å². The molecule has 0 fully saturated rings. The molecule has 0 saturated carbocycles. The SMILES string of the molecule is CC(O)C(NC(=O)C(N)CCC(=O)O)C(=O)NCC(=O)NC(Cc1cnc[nH]1)C(=O)O. The maximum Gasteiger partial charge on any atom is 0.326 e. The Kier molecular flexibility index (Phi) is 10.1. The van der Waals surface area contributed by atoms with Crippen LogP contribution in [0.5, 0.6) is 0 Å². The largest absolute Gasteiger partial charge is 0.481 e. The van der Waals surface area contributed by atoms with Crippen LogP contribution in [0.1, 0.15) is 25.5 Å². The summed E-state index contributed by atoms with van der Waals surface area (Å²) in [6.45, 7) is 0.605. The number of aromatic amines is 1. The van der Waals surface area contributed by atoms with E-state index in [2.05, 4.69) is 25.9 Å². The Balaban J connectivity index is 2.59. The van der Waals surface area contributed by atoms with Crippen molar-refractivity contribution in [1.82, 2.24) is 25.9 Å². The number of H-pyrrole nitrogens is 1. The second-order valence-electron chi connectivity index (χ2n) is 6.72. The van der Waals surface area contributed by atoms with E-state index in [1.807, 2.05) is 0 Å². The molecule has 0 saturated heterocycles. The molecule has 172 valence electrons. The highest BCUT2D eigenvalue weighted by Gasteiger charge is 2.28. The van der Waals surface area contributed by atoms with Gasteiger partial charge >= 0.3 is 11.9 Å². The van der Waals surface area contributed by atoms with Gasteiger partial charge in [0.15, 0.2) is 0 Å². The van der Waals surface area contributed by atoms with Crippen LogP contribution >= 0.6 is 0 Å². The highest BCUT2D eigenvalue weighted by Crippen LogP contribution is 2.00. The number of aromatic nitrogens is 2. The molecule has 4 atom stereocenters. The van der Waals surface area contributed by atoms with Crippen LogP contribution < -0.4 is 21.7 Å². The van der Waals surface area contributed by atoms with Crippen molar-refractivity contribution in [2.24, 2.45) is 5.73 Å².